The van der Waals surface area contributed by atoms with Crippen LogP contribution in [0, 0.1) is 5.92 Å². The minimum atomic E-state index is 0.559. The molecule has 1 aromatic rings. The molecule has 0 spiro atoms. The molecule has 112 valence electrons. The summed E-state index contributed by atoms with van der Waals surface area (Å²) in [5.41, 5.74) is 1.12. The molecule has 0 aliphatic heterocycles. The quantitative estimate of drug-likeness (QED) is 0.706. The topological polar surface area (TPSA) is 30.5 Å². The smallest absolute Gasteiger partial charge is 0.124 e. The molecule has 0 amide bonds. The second kappa shape index (κ2) is 7.87. The second-order valence-corrected chi connectivity index (χ2v) is 6.16. The lowest BCUT2D eigenvalue weighted by Crippen LogP contribution is -2.17. The molecule has 0 bridgehead atoms. The van der Waals surface area contributed by atoms with Crippen molar-refractivity contribution in [3.63, 3.8) is 0 Å². The van der Waals surface area contributed by atoms with Gasteiger partial charge in [-0.2, -0.15) is 0 Å². The SMILES string of the molecule is CC(C)COCCOc1ccc(Cl)cc1CNC1CC1. The first-order chi connectivity index (χ1) is 9.65. The highest BCUT2D eigenvalue weighted by atomic mass is 35.5. The summed E-state index contributed by atoms with van der Waals surface area (Å²) in [6, 6.07) is 6.46. The van der Waals surface area contributed by atoms with E-state index in [0.717, 1.165) is 29.5 Å². The van der Waals surface area contributed by atoms with Crippen molar-refractivity contribution in [2.45, 2.75) is 39.3 Å². The van der Waals surface area contributed by atoms with Crippen LogP contribution in [0.2, 0.25) is 5.02 Å². The lowest BCUT2D eigenvalue weighted by molar-refractivity contribution is 0.0816. The van der Waals surface area contributed by atoms with Gasteiger partial charge in [0.2, 0.25) is 0 Å². The summed E-state index contributed by atoms with van der Waals surface area (Å²) in [6.45, 7) is 7.07. The Morgan fingerprint density at radius 3 is 2.80 bits per heavy atom. The van der Waals surface area contributed by atoms with Gasteiger partial charge in [-0.3, -0.25) is 0 Å². The Kier molecular flexibility index (Phi) is 6.14. The Morgan fingerprint density at radius 1 is 1.30 bits per heavy atom. The van der Waals surface area contributed by atoms with Gasteiger partial charge in [0.15, 0.2) is 0 Å². The minimum absolute atomic E-state index is 0.559. The zero-order valence-electron chi connectivity index (χ0n) is 12.3. The minimum Gasteiger partial charge on any atom is -0.491 e. The Labute approximate surface area is 126 Å². The normalized spacial score (nSPS) is 14.8. The average Bonchev–Trinajstić information content (AvgIpc) is 3.21. The Bertz CT molecular complexity index is 419. The summed E-state index contributed by atoms with van der Waals surface area (Å²) in [6.07, 6.45) is 2.56. The first kappa shape index (κ1) is 15.6. The van der Waals surface area contributed by atoms with Gasteiger partial charge in [-0.15, -0.1) is 0 Å². The molecule has 2 rings (SSSR count). The third-order valence-electron chi connectivity index (χ3n) is 3.12. The van der Waals surface area contributed by atoms with Gasteiger partial charge >= 0.3 is 0 Å². The molecule has 1 saturated carbocycles. The first-order valence-corrected chi connectivity index (χ1v) is 7.75. The predicted octanol–water partition coefficient (Wildman–Crippen LogP) is 3.64. The number of nitrogens with one attached hydrogen (secondary N) is 1. The van der Waals surface area contributed by atoms with E-state index >= 15 is 0 Å². The summed E-state index contributed by atoms with van der Waals surface area (Å²) >= 11 is 6.06. The van der Waals surface area contributed by atoms with Gasteiger partial charge in [-0.05, 0) is 37.0 Å². The van der Waals surface area contributed by atoms with Crippen LogP contribution in [0.25, 0.3) is 0 Å². The second-order valence-electron chi connectivity index (χ2n) is 5.72. The van der Waals surface area contributed by atoms with Crippen molar-refractivity contribution in [3.05, 3.63) is 28.8 Å². The summed E-state index contributed by atoms with van der Waals surface area (Å²) in [5, 5.41) is 4.24. The fraction of sp³-hybridized carbons (Fsp3) is 0.625. The molecule has 0 heterocycles. The van der Waals surface area contributed by atoms with Crippen molar-refractivity contribution in [2.75, 3.05) is 19.8 Å². The molecule has 0 unspecified atom stereocenters. The number of ether oxygens (including phenoxy) is 2. The van der Waals surface area contributed by atoms with E-state index in [1.165, 1.54) is 12.8 Å². The van der Waals surface area contributed by atoms with Gasteiger partial charge in [0.1, 0.15) is 12.4 Å². The van der Waals surface area contributed by atoms with Crippen LogP contribution in [-0.2, 0) is 11.3 Å². The van der Waals surface area contributed by atoms with Crippen molar-refractivity contribution in [3.8, 4) is 5.75 Å². The van der Waals surface area contributed by atoms with Crippen molar-refractivity contribution in [2.24, 2.45) is 5.92 Å². The van der Waals surface area contributed by atoms with E-state index in [1.807, 2.05) is 18.2 Å². The third kappa shape index (κ3) is 5.70. The maximum Gasteiger partial charge on any atom is 0.124 e. The molecule has 0 saturated heterocycles. The molecule has 20 heavy (non-hydrogen) atoms. The van der Waals surface area contributed by atoms with Crippen molar-refractivity contribution < 1.29 is 9.47 Å². The monoisotopic (exact) mass is 297 g/mol. The number of hydrogen-bond donors (Lipinski definition) is 1. The molecular formula is C16H24ClNO2. The molecule has 0 aromatic heterocycles. The first-order valence-electron chi connectivity index (χ1n) is 7.37. The largest absolute Gasteiger partial charge is 0.491 e. The molecule has 3 nitrogen and oxygen atoms in total. The zero-order chi connectivity index (χ0) is 14.4. The van der Waals surface area contributed by atoms with Crippen LogP contribution in [0.15, 0.2) is 18.2 Å². The predicted molar refractivity (Wildman–Crippen MR) is 82.5 cm³/mol. The molecule has 1 N–H and O–H groups in total. The average molecular weight is 298 g/mol. The number of halogens is 1. The highest BCUT2D eigenvalue weighted by molar-refractivity contribution is 6.30. The van der Waals surface area contributed by atoms with Crippen molar-refractivity contribution in [1.29, 1.82) is 0 Å². The third-order valence-corrected chi connectivity index (χ3v) is 3.35. The molecule has 1 aliphatic rings. The molecule has 0 atom stereocenters. The van der Waals surface area contributed by atoms with Crippen LogP contribution < -0.4 is 10.1 Å². The number of rotatable bonds is 9. The maximum atomic E-state index is 6.06. The fourth-order valence-corrected chi connectivity index (χ4v) is 2.09. The fourth-order valence-electron chi connectivity index (χ4n) is 1.90. The van der Waals surface area contributed by atoms with Crippen LogP contribution in [0.1, 0.15) is 32.3 Å². The van der Waals surface area contributed by atoms with Gasteiger partial charge < -0.3 is 14.8 Å². The molecule has 1 aromatic carbocycles. The van der Waals surface area contributed by atoms with E-state index in [0.29, 0.717) is 25.2 Å². The molecule has 1 aliphatic carbocycles. The highest BCUT2D eigenvalue weighted by Crippen LogP contribution is 2.25. The Balaban J connectivity index is 1.79. The molecule has 4 heteroatoms. The Hall–Kier alpha value is -0.770. The van der Waals surface area contributed by atoms with Gasteiger partial charge in [-0.1, -0.05) is 25.4 Å². The van der Waals surface area contributed by atoms with Crippen molar-refractivity contribution in [1.82, 2.24) is 5.32 Å². The van der Waals surface area contributed by atoms with Crippen molar-refractivity contribution >= 4 is 11.6 Å². The van der Waals surface area contributed by atoms with Gasteiger partial charge in [0.05, 0.1) is 6.61 Å². The van der Waals surface area contributed by atoms with Crippen LogP contribution in [0.5, 0.6) is 5.75 Å². The standard InChI is InChI=1S/C16H24ClNO2/c1-12(2)11-19-7-8-20-16-6-3-14(17)9-13(16)10-18-15-4-5-15/h3,6,9,12,15,18H,4-5,7-8,10-11H2,1-2H3. The van der Waals surface area contributed by atoms with Crippen LogP contribution >= 0.6 is 11.6 Å². The maximum absolute atomic E-state index is 6.06. The molecule has 0 radical (unpaired) electrons. The van der Waals surface area contributed by atoms with Crippen LogP contribution in [0.3, 0.4) is 0 Å². The van der Waals surface area contributed by atoms with E-state index in [-0.39, 0.29) is 0 Å². The Morgan fingerprint density at radius 2 is 2.10 bits per heavy atom. The summed E-state index contributed by atoms with van der Waals surface area (Å²) < 4.78 is 11.3. The molecular weight excluding hydrogens is 274 g/mol. The summed E-state index contributed by atoms with van der Waals surface area (Å²) in [4.78, 5) is 0. The van der Waals surface area contributed by atoms with E-state index in [1.54, 1.807) is 0 Å². The van der Waals surface area contributed by atoms with E-state index in [9.17, 15) is 0 Å². The summed E-state index contributed by atoms with van der Waals surface area (Å²) in [5.74, 6) is 1.46. The van der Waals surface area contributed by atoms with Gasteiger partial charge in [-0.25, -0.2) is 0 Å². The molecule has 1 fully saturated rings. The van der Waals surface area contributed by atoms with Gasteiger partial charge in [0.25, 0.3) is 0 Å². The lowest BCUT2D eigenvalue weighted by Gasteiger charge is -2.13. The van der Waals surface area contributed by atoms with E-state index in [4.69, 9.17) is 21.1 Å². The van der Waals surface area contributed by atoms with E-state index < -0.39 is 0 Å². The highest BCUT2D eigenvalue weighted by Gasteiger charge is 2.20. The van der Waals surface area contributed by atoms with Crippen LogP contribution in [-0.4, -0.2) is 25.9 Å². The van der Waals surface area contributed by atoms with E-state index in [2.05, 4.69) is 19.2 Å². The number of hydrogen-bond acceptors (Lipinski definition) is 3. The number of benzene rings is 1. The lowest BCUT2D eigenvalue weighted by atomic mass is 10.2. The zero-order valence-corrected chi connectivity index (χ0v) is 13.1. The van der Waals surface area contributed by atoms with Crippen LogP contribution in [0.4, 0.5) is 0 Å². The van der Waals surface area contributed by atoms with Gasteiger partial charge in [0, 0.05) is 29.8 Å². The summed E-state index contributed by atoms with van der Waals surface area (Å²) in [7, 11) is 0.